The van der Waals surface area contributed by atoms with Gasteiger partial charge in [-0.15, -0.1) is 0 Å². The lowest BCUT2D eigenvalue weighted by atomic mass is 9.92. The average molecular weight is 335 g/mol. The molecule has 2 rings (SSSR count). The predicted octanol–water partition coefficient (Wildman–Crippen LogP) is 2.35. The first-order chi connectivity index (χ1) is 11.5. The van der Waals surface area contributed by atoms with Crippen LogP contribution in [-0.4, -0.2) is 48.7 Å². The second-order valence-electron chi connectivity index (χ2n) is 6.25. The van der Waals surface area contributed by atoms with Gasteiger partial charge in [0.2, 0.25) is 5.91 Å². The van der Waals surface area contributed by atoms with Gasteiger partial charge in [0.15, 0.2) is 0 Å². The van der Waals surface area contributed by atoms with E-state index in [-0.39, 0.29) is 12.3 Å². The van der Waals surface area contributed by atoms with Crippen molar-refractivity contribution in [2.24, 2.45) is 5.92 Å². The Labute approximate surface area is 142 Å². The summed E-state index contributed by atoms with van der Waals surface area (Å²) in [5.74, 6) is 0.681. The van der Waals surface area contributed by atoms with Gasteiger partial charge in [-0.25, -0.2) is 4.79 Å². The van der Waals surface area contributed by atoms with E-state index < -0.39 is 12.0 Å². The van der Waals surface area contributed by atoms with Crippen LogP contribution in [0.4, 0.5) is 0 Å². The van der Waals surface area contributed by atoms with Crippen molar-refractivity contribution >= 4 is 11.9 Å². The minimum atomic E-state index is -0.922. The van der Waals surface area contributed by atoms with Crippen molar-refractivity contribution in [1.82, 2.24) is 4.90 Å². The van der Waals surface area contributed by atoms with Crippen LogP contribution in [0, 0.1) is 5.92 Å². The van der Waals surface area contributed by atoms with E-state index in [1.165, 1.54) is 4.90 Å². The first-order valence-corrected chi connectivity index (χ1v) is 8.19. The monoisotopic (exact) mass is 335 g/mol. The number of hydrogen-bond donors (Lipinski definition) is 1. The molecule has 2 atom stereocenters. The molecule has 1 aliphatic rings. The smallest absolute Gasteiger partial charge is 0.326 e. The number of rotatable bonds is 6. The zero-order valence-electron chi connectivity index (χ0n) is 14.4. The Morgan fingerprint density at radius 2 is 2.04 bits per heavy atom. The Morgan fingerprint density at radius 1 is 1.29 bits per heavy atom. The molecular formula is C18H25NO5. The first-order valence-electron chi connectivity index (χ1n) is 8.19. The number of benzene rings is 1. The summed E-state index contributed by atoms with van der Waals surface area (Å²) in [5.41, 5.74) is 0.877. The van der Waals surface area contributed by atoms with Gasteiger partial charge in [0.25, 0.3) is 0 Å². The number of carboxylic acid groups (broad SMARTS) is 1. The molecule has 1 fully saturated rings. The van der Waals surface area contributed by atoms with Crippen LogP contribution in [0.1, 0.15) is 31.7 Å². The van der Waals surface area contributed by atoms with E-state index in [2.05, 4.69) is 0 Å². The van der Waals surface area contributed by atoms with Crippen molar-refractivity contribution in [3.8, 4) is 11.5 Å². The quantitative estimate of drug-likeness (QED) is 0.863. The molecular weight excluding hydrogens is 310 g/mol. The number of methoxy groups -OCH3 is 2. The maximum Gasteiger partial charge on any atom is 0.326 e. The number of likely N-dealkylation sites (tertiary alicyclic amines) is 1. The van der Waals surface area contributed by atoms with Crippen molar-refractivity contribution in [3.63, 3.8) is 0 Å². The molecule has 1 amide bonds. The Balaban J connectivity index is 2.05. The fourth-order valence-corrected chi connectivity index (χ4v) is 3.14. The van der Waals surface area contributed by atoms with Gasteiger partial charge in [-0.3, -0.25) is 4.79 Å². The van der Waals surface area contributed by atoms with Crippen LogP contribution >= 0.6 is 0 Å². The van der Waals surface area contributed by atoms with Gasteiger partial charge >= 0.3 is 5.97 Å². The van der Waals surface area contributed by atoms with Crippen LogP contribution in [0.5, 0.6) is 11.5 Å². The van der Waals surface area contributed by atoms with E-state index in [0.717, 1.165) is 12.0 Å². The number of carboxylic acids is 1. The van der Waals surface area contributed by atoms with Crippen LogP contribution in [0.25, 0.3) is 0 Å². The van der Waals surface area contributed by atoms with Crippen LogP contribution in [0.2, 0.25) is 0 Å². The molecule has 0 bridgehead atoms. The Morgan fingerprint density at radius 3 is 2.67 bits per heavy atom. The second kappa shape index (κ2) is 8.04. The summed E-state index contributed by atoms with van der Waals surface area (Å²) in [6.07, 6.45) is 2.10. The summed E-state index contributed by atoms with van der Waals surface area (Å²) in [6.45, 7) is 2.53. The molecule has 1 aromatic carbocycles. The first kappa shape index (κ1) is 18.1. The largest absolute Gasteiger partial charge is 0.497 e. The van der Waals surface area contributed by atoms with E-state index in [4.69, 9.17) is 9.47 Å². The molecule has 1 saturated heterocycles. The molecule has 1 N–H and O–H groups in total. The second-order valence-corrected chi connectivity index (χ2v) is 6.25. The van der Waals surface area contributed by atoms with Gasteiger partial charge in [0.05, 0.1) is 14.2 Å². The van der Waals surface area contributed by atoms with Crippen LogP contribution in [0.15, 0.2) is 18.2 Å². The third-order valence-electron chi connectivity index (χ3n) is 4.57. The molecule has 0 spiro atoms. The zero-order valence-corrected chi connectivity index (χ0v) is 14.4. The molecule has 0 aliphatic carbocycles. The van der Waals surface area contributed by atoms with Gasteiger partial charge in [0.1, 0.15) is 17.5 Å². The van der Waals surface area contributed by atoms with Crippen molar-refractivity contribution in [1.29, 1.82) is 0 Å². The van der Waals surface area contributed by atoms with E-state index in [0.29, 0.717) is 36.8 Å². The summed E-state index contributed by atoms with van der Waals surface area (Å²) in [7, 11) is 3.17. The maximum atomic E-state index is 12.5. The summed E-state index contributed by atoms with van der Waals surface area (Å²) in [5, 5.41) is 9.38. The summed E-state index contributed by atoms with van der Waals surface area (Å²) >= 11 is 0. The Bertz CT molecular complexity index is 601. The Hall–Kier alpha value is -2.24. The number of nitrogens with zero attached hydrogens (tertiary/aromatic N) is 1. The molecule has 1 aromatic rings. The van der Waals surface area contributed by atoms with Crippen LogP contribution < -0.4 is 9.47 Å². The molecule has 24 heavy (non-hydrogen) atoms. The molecule has 1 heterocycles. The molecule has 0 aromatic heterocycles. The highest BCUT2D eigenvalue weighted by Gasteiger charge is 2.34. The van der Waals surface area contributed by atoms with Gasteiger partial charge in [-0.1, -0.05) is 6.92 Å². The highest BCUT2D eigenvalue weighted by Crippen LogP contribution is 2.27. The standard InChI is InChI=1S/C18H25NO5/c1-12-8-9-19(15(10-12)18(21)22)17(20)7-4-13-11-14(23-2)5-6-16(13)24-3/h5-6,11-12,15H,4,7-10H2,1-3H3,(H,21,22). The van der Waals surface area contributed by atoms with Gasteiger partial charge in [-0.2, -0.15) is 0 Å². The fourth-order valence-electron chi connectivity index (χ4n) is 3.14. The normalized spacial score (nSPS) is 20.5. The third-order valence-corrected chi connectivity index (χ3v) is 4.57. The third kappa shape index (κ3) is 4.19. The number of aliphatic carboxylic acids is 1. The molecule has 2 unspecified atom stereocenters. The average Bonchev–Trinajstić information content (AvgIpc) is 2.59. The molecule has 6 heteroatoms. The number of ether oxygens (including phenoxy) is 2. The van der Waals surface area contributed by atoms with E-state index in [9.17, 15) is 14.7 Å². The lowest BCUT2D eigenvalue weighted by Crippen LogP contribution is -2.49. The van der Waals surface area contributed by atoms with Crippen LogP contribution in [-0.2, 0) is 16.0 Å². The summed E-state index contributed by atoms with van der Waals surface area (Å²) < 4.78 is 10.5. The fraction of sp³-hybridized carbons (Fsp3) is 0.556. The number of hydrogen-bond acceptors (Lipinski definition) is 4. The molecule has 1 aliphatic heterocycles. The zero-order chi connectivity index (χ0) is 17.7. The van der Waals surface area contributed by atoms with Gasteiger partial charge in [-0.05, 0) is 48.9 Å². The van der Waals surface area contributed by atoms with E-state index in [1.807, 2.05) is 13.0 Å². The molecule has 6 nitrogen and oxygen atoms in total. The molecule has 132 valence electrons. The molecule has 0 saturated carbocycles. The number of carbonyl (C=O) groups is 2. The minimum absolute atomic E-state index is 0.126. The Kier molecular flexibility index (Phi) is 6.06. The lowest BCUT2D eigenvalue weighted by Gasteiger charge is -2.36. The lowest BCUT2D eigenvalue weighted by molar-refractivity contribution is -0.153. The van der Waals surface area contributed by atoms with Crippen molar-refractivity contribution < 1.29 is 24.2 Å². The van der Waals surface area contributed by atoms with Crippen LogP contribution in [0.3, 0.4) is 0 Å². The number of carbonyl (C=O) groups excluding carboxylic acids is 1. The van der Waals surface area contributed by atoms with Crippen molar-refractivity contribution in [2.45, 2.75) is 38.6 Å². The van der Waals surface area contributed by atoms with E-state index in [1.54, 1.807) is 26.4 Å². The topological polar surface area (TPSA) is 76.1 Å². The van der Waals surface area contributed by atoms with Gasteiger partial charge < -0.3 is 19.5 Å². The van der Waals surface area contributed by atoms with Crippen molar-refractivity contribution in [2.75, 3.05) is 20.8 Å². The van der Waals surface area contributed by atoms with E-state index >= 15 is 0 Å². The SMILES string of the molecule is COc1ccc(OC)c(CCC(=O)N2CCC(C)CC2C(=O)O)c1. The van der Waals surface area contributed by atoms with Crippen molar-refractivity contribution in [3.05, 3.63) is 23.8 Å². The maximum absolute atomic E-state index is 12.5. The summed E-state index contributed by atoms with van der Waals surface area (Å²) in [6, 6.07) is 4.74. The molecule has 0 radical (unpaired) electrons. The minimum Gasteiger partial charge on any atom is -0.497 e. The van der Waals surface area contributed by atoms with Gasteiger partial charge in [0, 0.05) is 13.0 Å². The summed E-state index contributed by atoms with van der Waals surface area (Å²) in [4.78, 5) is 25.5. The number of piperidine rings is 1. The number of amides is 1. The predicted molar refractivity (Wildman–Crippen MR) is 89.4 cm³/mol. The highest BCUT2D eigenvalue weighted by molar-refractivity contribution is 5.84. The highest BCUT2D eigenvalue weighted by atomic mass is 16.5. The number of aryl methyl sites for hydroxylation is 1.